The van der Waals surface area contributed by atoms with Gasteiger partial charge in [0, 0.05) is 11.6 Å². The smallest absolute Gasteiger partial charge is 0.255 e. The number of sulfonamides is 1. The molecular weight excluding hydrogens is 470 g/mol. The van der Waals surface area contributed by atoms with Crippen molar-refractivity contribution in [2.24, 2.45) is 5.10 Å². The molecule has 0 aliphatic carbocycles. The second-order valence-electron chi connectivity index (χ2n) is 8.33. The van der Waals surface area contributed by atoms with Crippen LogP contribution in [-0.2, 0) is 21.4 Å². The third kappa shape index (κ3) is 6.53. The average Bonchev–Trinajstić information content (AvgIpc) is 2.74. The number of hydrazone groups is 1. The summed E-state index contributed by atoms with van der Waals surface area (Å²) in [6.45, 7) is 7.04. The second kappa shape index (κ2) is 11.0. The van der Waals surface area contributed by atoms with Gasteiger partial charge in [-0.05, 0) is 62.1 Å². The van der Waals surface area contributed by atoms with Crippen LogP contribution in [0, 0.1) is 27.7 Å². The first-order chi connectivity index (χ1) is 16.1. The van der Waals surface area contributed by atoms with Gasteiger partial charge in [0.15, 0.2) is 0 Å². The lowest BCUT2D eigenvalue weighted by molar-refractivity contribution is -0.121. The van der Waals surface area contributed by atoms with Gasteiger partial charge in [0.05, 0.1) is 17.7 Å². The number of rotatable bonds is 8. The molecule has 1 amide bonds. The molecule has 34 heavy (non-hydrogen) atoms. The summed E-state index contributed by atoms with van der Waals surface area (Å²) in [5.74, 6) is -0.538. The van der Waals surface area contributed by atoms with Crippen molar-refractivity contribution in [3.05, 3.63) is 99.1 Å². The molecule has 0 radical (unpaired) electrons. The zero-order chi connectivity index (χ0) is 24.9. The molecule has 3 aromatic rings. The number of carbonyl (C=O) groups is 1. The molecule has 0 heterocycles. The van der Waals surface area contributed by atoms with Crippen LogP contribution in [-0.4, -0.2) is 31.4 Å². The molecule has 0 spiro atoms. The fourth-order valence-corrected chi connectivity index (χ4v) is 5.77. The minimum absolute atomic E-state index is 0.0152. The topological polar surface area (TPSA) is 78.8 Å². The number of benzene rings is 3. The van der Waals surface area contributed by atoms with E-state index in [1.807, 2.05) is 50.2 Å². The zero-order valence-electron chi connectivity index (χ0n) is 19.7. The van der Waals surface area contributed by atoms with E-state index >= 15 is 0 Å². The predicted molar refractivity (Wildman–Crippen MR) is 137 cm³/mol. The van der Waals surface area contributed by atoms with Crippen LogP contribution in [0.4, 0.5) is 0 Å². The number of halogens is 1. The standard InChI is InChI=1S/C26H28ClN3O3S/c1-18-6-5-7-23(14-18)15-28-29-25(31)17-30(16-22-8-10-24(27)11-9-22)34(32,33)26-20(3)12-19(2)13-21(26)4/h5-15H,16-17H2,1-4H3,(H,29,31)/b28-15+. The van der Waals surface area contributed by atoms with Crippen molar-refractivity contribution in [3.63, 3.8) is 0 Å². The van der Waals surface area contributed by atoms with Crippen molar-refractivity contribution in [1.82, 2.24) is 9.73 Å². The highest BCUT2D eigenvalue weighted by atomic mass is 35.5. The molecule has 0 saturated carbocycles. The van der Waals surface area contributed by atoms with E-state index in [2.05, 4.69) is 10.5 Å². The fourth-order valence-electron chi connectivity index (χ4n) is 3.85. The number of hydrogen-bond donors (Lipinski definition) is 1. The van der Waals surface area contributed by atoms with Gasteiger partial charge >= 0.3 is 0 Å². The molecule has 0 saturated heterocycles. The van der Waals surface area contributed by atoms with Gasteiger partial charge in [0.2, 0.25) is 10.0 Å². The SMILES string of the molecule is Cc1cccc(/C=N/NC(=O)CN(Cc2ccc(Cl)cc2)S(=O)(=O)c2c(C)cc(C)cc2C)c1. The van der Waals surface area contributed by atoms with E-state index < -0.39 is 15.9 Å². The Hall–Kier alpha value is -3.00. The number of amides is 1. The van der Waals surface area contributed by atoms with Crippen LogP contribution in [0.3, 0.4) is 0 Å². The molecule has 178 valence electrons. The van der Waals surface area contributed by atoms with Gasteiger partial charge in [-0.1, -0.05) is 71.3 Å². The van der Waals surface area contributed by atoms with Crippen LogP contribution >= 0.6 is 11.6 Å². The second-order valence-corrected chi connectivity index (χ2v) is 10.6. The van der Waals surface area contributed by atoms with E-state index in [-0.39, 0.29) is 18.0 Å². The monoisotopic (exact) mass is 497 g/mol. The van der Waals surface area contributed by atoms with E-state index in [1.54, 1.807) is 38.1 Å². The zero-order valence-corrected chi connectivity index (χ0v) is 21.2. The van der Waals surface area contributed by atoms with Crippen LogP contribution in [0.25, 0.3) is 0 Å². The molecule has 0 aliphatic rings. The third-order valence-corrected chi connectivity index (χ3v) is 7.59. The molecule has 0 unspecified atom stereocenters. The largest absolute Gasteiger partial charge is 0.272 e. The number of nitrogens with one attached hydrogen (secondary N) is 1. The number of carbonyl (C=O) groups excluding carboxylic acids is 1. The number of hydrogen-bond acceptors (Lipinski definition) is 4. The van der Waals surface area contributed by atoms with Crippen molar-refractivity contribution >= 4 is 33.7 Å². The molecule has 0 fully saturated rings. The molecule has 8 heteroatoms. The van der Waals surface area contributed by atoms with Gasteiger partial charge < -0.3 is 0 Å². The van der Waals surface area contributed by atoms with Crippen molar-refractivity contribution in [2.75, 3.05) is 6.54 Å². The fraction of sp³-hybridized carbons (Fsp3) is 0.231. The first-order valence-electron chi connectivity index (χ1n) is 10.8. The van der Waals surface area contributed by atoms with Gasteiger partial charge in [0.1, 0.15) is 0 Å². The van der Waals surface area contributed by atoms with E-state index in [0.29, 0.717) is 21.7 Å². The molecule has 3 rings (SSSR count). The molecule has 0 atom stereocenters. The maximum Gasteiger partial charge on any atom is 0.255 e. The normalized spacial score (nSPS) is 11.8. The van der Waals surface area contributed by atoms with E-state index in [1.165, 1.54) is 10.5 Å². The first kappa shape index (κ1) is 25.6. The Morgan fingerprint density at radius 3 is 2.24 bits per heavy atom. The highest BCUT2D eigenvalue weighted by Crippen LogP contribution is 2.26. The van der Waals surface area contributed by atoms with Crippen LogP contribution in [0.1, 0.15) is 33.4 Å². The lowest BCUT2D eigenvalue weighted by atomic mass is 10.1. The van der Waals surface area contributed by atoms with Crippen molar-refractivity contribution in [1.29, 1.82) is 0 Å². The summed E-state index contributed by atoms with van der Waals surface area (Å²) in [5, 5.41) is 4.54. The number of aryl methyl sites for hydroxylation is 4. The lowest BCUT2D eigenvalue weighted by Gasteiger charge is -2.24. The molecule has 1 N–H and O–H groups in total. The summed E-state index contributed by atoms with van der Waals surface area (Å²) in [6.07, 6.45) is 1.53. The van der Waals surface area contributed by atoms with Crippen molar-refractivity contribution < 1.29 is 13.2 Å². The van der Waals surface area contributed by atoms with Crippen LogP contribution in [0.5, 0.6) is 0 Å². The Bertz CT molecular complexity index is 1300. The first-order valence-corrected chi connectivity index (χ1v) is 12.6. The van der Waals surface area contributed by atoms with Gasteiger partial charge in [-0.3, -0.25) is 4.79 Å². The Morgan fingerprint density at radius 1 is 0.971 bits per heavy atom. The van der Waals surface area contributed by atoms with Crippen LogP contribution in [0.2, 0.25) is 5.02 Å². The quantitative estimate of drug-likeness (QED) is 0.354. The average molecular weight is 498 g/mol. The Kier molecular flexibility index (Phi) is 8.25. The molecular formula is C26H28ClN3O3S. The Balaban J connectivity index is 1.87. The van der Waals surface area contributed by atoms with Crippen LogP contribution < -0.4 is 5.43 Å². The van der Waals surface area contributed by atoms with E-state index in [9.17, 15) is 13.2 Å². The minimum atomic E-state index is -3.98. The van der Waals surface area contributed by atoms with Crippen molar-refractivity contribution in [3.8, 4) is 0 Å². The third-order valence-electron chi connectivity index (χ3n) is 5.24. The Labute approximate surface area is 206 Å². The summed E-state index contributed by atoms with van der Waals surface area (Å²) in [4.78, 5) is 12.9. The van der Waals surface area contributed by atoms with Gasteiger partial charge in [-0.25, -0.2) is 13.8 Å². The highest BCUT2D eigenvalue weighted by Gasteiger charge is 2.30. The van der Waals surface area contributed by atoms with Gasteiger partial charge in [-0.15, -0.1) is 0 Å². The Morgan fingerprint density at radius 2 is 1.62 bits per heavy atom. The van der Waals surface area contributed by atoms with Crippen LogP contribution in [0.15, 0.2) is 70.7 Å². The molecule has 3 aromatic carbocycles. The lowest BCUT2D eigenvalue weighted by Crippen LogP contribution is -2.39. The number of nitrogens with zero attached hydrogens (tertiary/aromatic N) is 2. The minimum Gasteiger partial charge on any atom is -0.272 e. The van der Waals surface area contributed by atoms with E-state index in [0.717, 1.165) is 16.7 Å². The maximum atomic E-state index is 13.7. The highest BCUT2D eigenvalue weighted by molar-refractivity contribution is 7.89. The van der Waals surface area contributed by atoms with Gasteiger partial charge in [-0.2, -0.15) is 9.41 Å². The summed E-state index contributed by atoms with van der Waals surface area (Å²) < 4.78 is 28.6. The summed E-state index contributed by atoms with van der Waals surface area (Å²) in [7, 11) is -3.98. The summed E-state index contributed by atoms with van der Waals surface area (Å²) in [5.41, 5.74) is 7.30. The molecule has 0 bridgehead atoms. The molecule has 6 nitrogen and oxygen atoms in total. The summed E-state index contributed by atoms with van der Waals surface area (Å²) in [6, 6.07) is 18.2. The van der Waals surface area contributed by atoms with Crippen molar-refractivity contribution in [2.45, 2.75) is 39.1 Å². The predicted octanol–water partition coefficient (Wildman–Crippen LogP) is 4.91. The molecule has 0 aromatic heterocycles. The van der Waals surface area contributed by atoms with Gasteiger partial charge in [0.25, 0.3) is 5.91 Å². The summed E-state index contributed by atoms with van der Waals surface area (Å²) >= 11 is 5.98. The van der Waals surface area contributed by atoms with E-state index in [4.69, 9.17) is 11.6 Å². The maximum absolute atomic E-state index is 13.7. The molecule has 0 aliphatic heterocycles.